The van der Waals surface area contributed by atoms with Gasteiger partial charge in [-0.1, -0.05) is 30.3 Å². The summed E-state index contributed by atoms with van der Waals surface area (Å²) in [5, 5.41) is 21.2. The second-order valence-electron chi connectivity index (χ2n) is 4.20. The number of benzene rings is 1. The predicted octanol–water partition coefficient (Wildman–Crippen LogP) is 1.74. The maximum absolute atomic E-state index is 8.96. The number of nitriles is 1. The zero-order valence-electron chi connectivity index (χ0n) is 10.5. The first-order valence-electron chi connectivity index (χ1n) is 6.07. The van der Waals surface area contributed by atoms with Crippen LogP contribution in [0.25, 0.3) is 0 Å². The van der Waals surface area contributed by atoms with Crippen molar-refractivity contribution in [3.8, 4) is 6.07 Å². The third-order valence-corrected chi connectivity index (χ3v) is 2.85. The number of hydrogen-bond donors (Lipinski definition) is 2. The van der Waals surface area contributed by atoms with Crippen molar-refractivity contribution in [3.05, 3.63) is 65.0 Å². The van der Waals surface area contributed by atoms with Crippen LogP contribution in [0.15, 0.2) is 42.6 Å². The molecular formula is C15H15N3O. The Kier molecular flexibility index (Phi) is 4.62. The third-order valence-electron chi connectivity index (χ3n) is 2.85. The first kappa shape index (κ1) is 13.2. The molecule has 2 N–H and O–H groups in total. The molecule has 0 fully saturated rings. The Bertz CT molecular complexity index is 573. The van der Waals surface area contributed by atoms with Gasteiger partial charge >= 0.3 is 0 Å². The van der Waals surface area contributed by atoms with Crippen LogP contribution in [-0.2, 0) is 19.7 Å². The quantitative estimate of drug-likeness (QED) is 0.851. The molecule has 0 aliphatic heterocycles. The highest BCUT2D eigenvalue weighted by Crippen LogP contribution is 2.06. The second kappa shape index (κ2) is 6.64. The summed E-state index contributed by atoms with van der Waals surface area (Å²) in [6.07, 6.45) is 1.62. The summed E-state index contributed by atoms with van der Waals surface area (Å²) in [6.45, 7) is 1.39. The Morgan fingerprint density at radius 3 is 2.53 bits per heavy atom. The van der Waals surface area contributed by atoms with Crippen molar-refractivity contribution >= 4 is 0 Å². The molecule has 0 unspecified atom stereocenters. The summed E-state index contributed by atoms with van der Waals surface area (Å²) in [6, 6.07) is 13.6. The molecule has 1 aromatic carbocycles. The van der Waals surface area contributed by atoms with Gasteiger partial charge < -0.3 is 10.4 Å². The molecule has 0 saturated carbocycles. The molecule has 0 spiro atoms. The molecule has 96 valence electrons. The molecule has 2 aromatic rings. The summed E-state index contributed by atoms with van der Waals surface area (Å²) in [5.41, 5.74) is 3.41. The van der Waals surface area contributed by atoms with Crippen LogP contribution in [0.4, 0.5) is 0 Å². The van der Waals surface area contributed by atoms with E-state index in [1.54, 1.807) is 6.20 Å². The number of aliphatic hydroxyl groups excluding tert-OH is 1. The molecule has 4 nitrogen and oxygen atoms in total. The molecule has 0 atom stereocenters. The zero-order valence-corrected chi connectivity index (χ0v) is 10.5. The van der Waals surface area contributed by atoms with Crippen molar-refractivity contribution in [2.24, 2.45) is 0 Å². The van der Waals surface area contributed by atoms with Gasteiger partial charge in [-0.05, 0) is 17.2 Å². The highest BCUT2D eigenvalue weighted by Gasteiger charge is 2.01. The monoisotopic (exact) mass is 253 g/mol. The first-order valence-corrected chi connectivity index (χ1v) is 6.07. The molecule has 0 amide bonds. The van der Waals surface area contributed by atoms with Gasteiger partial charge in [-0.3, -0.25) is 0 Å². The van der Waals surface area contributed by atoms with E-state index in [9.17, 15) is 0 Å². The summed E-state index contributed by atoms with van der Waals surface area (Å²) >= 11 is 0. The van der Waals surface area contributed by atoms with E-state index < -0.39 is 0 Å². The Morgan fingerprint density at radius 1 is 1.11 bits per heavy atom. The van der Waals surface area contributed by atoms with Crippen LogP contribution in [0.5, 0.6) is 0 Å². The van der Waals surface area contributed by atoms with Gasteiger partial charge in [-0.15, -0.1) is 0 Å². The minimum Gasteiger partial charge on any atom is -0.392 e. The van der Waals surface area contributed by atoms with Crippen molar-refractivity contribution in [2.75, 3.05) is 0 Å². The first-order chi connectivity index (χ1) is 9.33. The van der Waals surface area contributed by atoms with Crippen LogP contribution in [0.1, 0.15) is 22.4 Å². The number of nitrogens with zero attached hydrogens (tertiary/aromatic N) is 2. The van der Waals surface area contributed by atoms with Gasteiger partial charge in [0.25, 0.3) is 0 Å². The lowest BCUT2D eigenvalue weighted by Crippen LogP contribution is -2.14. The summed E-state index contributed by atoms with van der Waals surface area (Å²) in [5.74, 6) is 0. The lowest BCUT2D eigenvalue weighted by atomic mass is 10.1. The molecule has 0 aliphatic carbocycles. The van der Waals surface area contributed by atoms with Crippen molar-refractivity contribution in [3.63, 3.8) is 0 Å². The standard InChI is InChI=1S/C15H15N3O/c16-8-15-14(2-1-7-18-15)10-17-9-12-3-5-13(11-19)6-4-12/h1-7,17,19H,9-11H2. The lowest BCUT2D eigenvalue weighted by molar-refractivity contribution is 0.282. The minimum absolute atomic E-state index is 0.0644. The number of hydrogen-bond acceptors (Lipinski definition) is 4. The molecular weight excluding hydrogens is 238 g/mol. The smallest absolute Gasteiger partial charge is 0.144 e. The van der Waals surface area contributed by atoms with E-state index in [1.165, 1.54) is 0 Å². The second-order valence-corrected chi connectivity index (χ2v) is 4.20. The van der Waals surface area contributed by atoms with Gasteiger partial charge in [0.05, 0.1) is 6.61 Å². The molecule has 1 heterocycles. The van der Waals surface area contributed by atoms with E-state index >= 15 is 0 Å². The van der Waals surface area contributed by atoms with Crippen LogP contribution in [0.2, 0.25) is 0 Å². The normalized spacial score (nSPS) is 10.1. The van der Waals surface area contributed by atoms with E-state index in [0.717, 1.165) is 16.7 Å². The van der Waals surface area contributed by atoms with E-state index in [4.69, 9.17) is 10.4 Å². The van der Waals surface area contributed by atoms with Gasteiger partial charge in [-0.2, -0.15) is 5.26 Å². The lowest BCUT2D eigenvalue weighted by Gasteiger charge is -2.06. The Labute approximate surface area is 112 Å². The number of rotatable bonds is 5. The van der Waals surface area contributed by atoms with E-state index in [2.05, 4.69) is 16.4 Å². The highest BCUT2D eigenvalue weighted by molar-refractivity contribution is 5.30. The zero-order chi connectivity index (χ0) is 13.5. The largest absolute Gasteiger partial charge is 0.392 e. The predicted molar refractivity (Wildman–Crippen MR) is 71.9 cm³/mol. The number of nitrogens with one attached hydrogen (secondary N) is 1. The van der Waals surface area contributed by atoms with Crippen LogP contribution < -0.4 is 5.32 Å². The molecule has 0 radical (unpaired) electrons. The molecule has 0 aliphatic rings. The van der Waals surface area contributed by atoms with Gasteiger partial charge in [0, 0.05) is 24.8 Å². The molecule has 2 rings (SSSR count). The third kappa shape index (κ3) is 3.62. The molecule has 1 aromatic heterocycles. The fraction of sp³-hybridized carbons (Fsp3) is 0.200. The summed E-state index contributed by atoms with van der Waals surface area (Å²) in [7, 11) is 0. The average molecular weight is 253 g/mol. The Morgan fingerprint density at radius 2 is 1.84 bits per heavy atom. The maximum atomic E-state index is 8.96. The van der Waals surface area contributed by atoms with Crippen LogP contribution in [-0.4, -0.2) is 10.1 Å². The summed E-state index contributed by atoms with van der Waals surface area (Å²) < 4.78 is 0. The van der Waals surface area contributed by atoms with Crippen molar-refractivity contribution < 1.29 is 5.11 Å². The van der Waals surface area contributed by atoms with E-state index in [0.29, 0.717) is 18.8 Å². The van der Waals surface area contributed by atoms with E-state index in [-0.39, 0.29) is 6.61 Å². The molecule has 4 heteroatoms. The number of aliphatic hydroxyl groups is 1. The van der Waals surface area contributed by atoms with Gasteiger partial charge in [-0.25, -0.2) is 4.98 Å². The van der Waals surface area contributed by atoms with Gasteiger partial charge in [0.1, 0.15) is 11.8 Å². The minimum atomic E-state index is 0.0644. The molecule has 0 bridgehead atoms. The van der Waals surface area contributed by atoms with Crippen molar-refractivity contribution in [2.45, 2.75) is 19.7 Å². The highest BCUT2D eigenvalue weighted by atomic mass is 16.3. The molecule has 0 saturated heterocycles. The van der Waals surface area contributed by atoms with Crippen LogP contribution in [0.3, 0.4) is 0 Å². The topological polar surface area (TPSA) is 68.9 Å². The van der Waals surface area contributed by atoms with Crippen LogP contribution in [0, 0.1) is 11.3 Å². The van der Waals surface area contributed by atoms with Crippen molar-refractivity contribution in [1.82, 2.24) is 10.3 Å². The van der Waals surface area contributed by atoms with Gasteiger partial charge in [0.15, 0.2) is 0 Å². The SMILES string of the molecule is N#Cc1ncccc1CNCc1ccc(CO)cc1. The fourth-order valence-electron chi connectivity index (χ4n) is 1.79. The Balaban J connectivity index is 1.91. The van der Waals surface area contributed by atoms with Crippen molar-refractivity contribution in [1.29, 1.82) is 5.26 Å². The number of pyridine rings is 1. The van der Waals surface area contributed by atoms with Gasteiger partial charge in [0.2, 0.25) is 0 Å². The van der Waals surface area contributed by atoms with E-state index in [1.807, 2.05) is 36.4 Å². The fourth-order valence-corrected chi connectivity index (χ4v) is 1.79. The maximum Gasteiger partial charge on any atom is 0.144 e. The Hall–Kier alpha value is -2.22. The number of aromatic nitrogens is 1. The van der Waals surface area contributed by atoms with Crippen LogP contribution >= 0.6 is 0 Å². The average Bonchev–Trinajstić information content (AvgIpc) is 2.48. The molecule has 19 heavy (non-hydrogen) atoms. The summed E-state index contributed by atoms with van der Waals surface area (Å²) in [4.78, 5) is 4.02.